The number of carbonyl (C=O) groups is 1. The number of nitrogens with zero attached hydrogens (tertiary/aromatic N) is 4. The van der Waals surface area contributed by atoms with E-state index in [1.165, 1.54) is 11.3 Å². The number of anilines is 1. The second-order valence-electron chi connectivity index (χ2n) is 6.61. The Morgan fingerprint density at radius 3 is 2.65 bits per heavy atom. The van der Waals surface area contributed by atoms with Crippen LogP contribution in [0.2, 0.25) is 0 Å². The lowest BCUT2D eigenvalue weighted by atomic mass is 10.3. The van der Waals surface area contributed by atoms with Crippen molar-refractivity contribution in [1.29, 1.82) is 0 Å². The molecule has 2 heterocycles. The first-order valence-electron chi connectivity index (χ1n) is 9.65. The molecule has 160 valence electrons. The zero-order valence-electron chi connectivity index (χ0n) is 17.2. The number of thiazole rings is 1. The van der Waals surface area contributed by atoms with Gasteiger partial charge in [-0.15, -0.1) is 0 Å². The third kappa shape index (κ3) is 4.95. The van der Waals surface area contributed by atoms with Crippen molar-refractivity contribution < 1.29 is 19.0 Å². The van der Waals surface area contributed by atoms with Crippen LogP contribution < -0.4 is 19.1 Å². The van der Waals surface area contributed by atoms with Gasteiger partial charge in [-0.05, 0) is 36.4 Å². The predicted octanol–water partition coefficient (Wildman–Crippen LogP) is 3.62. The summed E-state index contributed by atoms with van der Waals surface area (Å²) in [5.74, 6) is 1.79. The van der Waals surface area contributed by atoms with Gasteiger partial charge in [0.05, 0.1) is 31.0 Å². The maximum absolute atomic E-state index is 13.1. The van der Waals surface area contributed by atoms with Crippen LogP contribution in [0.4, 0.5) is 5.13 Å². The fourth-order valence-corrected chi connectivity index (χ4v) is 4.05. The number of hydrogen-bond acceptors (Lipinski definition) is 7. The first-order valence-corrected chi connectivity index (χ1v) is 10.5. The molecule has 31 heavy (non-hydrogen) atoms. The number of amides is 1. The van der Waals surface area contributed by atoms with Gasteiger partial charge in [-0.3, -0.25) is 14.4 Å². The van der Waals surface area contributed by atoms with Gasteiger partial charge in [0.25, 0.3) is 5.91 Å². The van der Waals surface area contributed by atoms with E-state index in [9.17, 15) is 4.79 Å². The molecule has 0 saturated carbocycles. The Balaban J connectivity index is 1.54. The lowest BCUT2D eigenvalue weighted by Crippen LogP contribution is -2.37. The molecule has 0 saturated heterocycles. The quantitative estimate of drug-likeness (QED) is 0.397. The van der Waals surface area contributed by atoms with Crippen molar-refractivity contribution in [2.75, 3.05) is 32.3 Å². The monoisotopic (exact) mass is 438 g/mol. The summed E-state index contributed by atoms with van der Waals surface area (Å²) in [7, 11) is 3.21. The lowest BCUT2D eigenvalue weighted by Gasteiger charge is -2.20. The SMILES string of the molecule is COc1cccc(OCC(=O)N(CCn2cccn2)c2nc3ccc(OC)cc3s2)c1. The number of benzene rings is 2. The third-order valence-electron chi connectivity index (χ3n) is 4.63. The number of aromatic nitrogens is 3. The molecule has 0 fully saturated rings. The minimum Gasteiger partial charge on any atom is -0.497 e. The number of fused-ring (bicyclic) bond motifs is 1. The maximum Gasteiger partial charge on any atom is 0.266 e. The number of carbonyl (C=O) groups excluding carboxylic acids is 1. The molecule has 2 aromatic carbocycles. The predicted molar refractivity (Wildman–Crippen MR) is 119 cm³/mol. The van der Waals surface area contributed by atoms with E-state index in [1.807, 2.05) is 42.6 Å². The average Bonchev–Trinajstić information content (AvgIpc) is 3.47. The van der Waals surface area contributed by atoms with Gasteiger partial charge in [0.15, 0.2) is 11.7 Å². The Hall–Kier alpha value is -3.59. The molecule has 2 aromatic heterocycles. The molecule has 0 radical (unpaired) electrons. The Kier molecular flexibility index (Phi) is 6.32. The molecule has 0 N–H and O–H groups in total. The van der Waals surface area contributed by atoms with Crippen molar-refractivity contribution in [3.05, 3.63) is 60.9 Å². The Morgan fingerprint density at radius 2 is 1.87 bits per heavy atom. The van der Waals surface area contributed by atoms with Crippen LogP contribution in [0, 0.1) is 0 Å². The van der Waals surface area contributed by atoms with Crippen molar-refractivity contribution in [2.24, 2.45) is 0 Å². The molecular formula is C22H22N4O4S. The number of ether oxygens (including phenoxy) is 3. The van der Waals surface area contributed by atoms with Gasteiger partial charge in [0.2, 0.25) is 0 Å². The molecule has 0 atom stereocenters. The zero-order chi connectivity index (χ0) is 21.6. The second kappa shape index (κ2) is 9.48. The Labute approximate surface area is 183 Å². The molecule has 0 bridgehead atoms. The largest absolute Gasteiger partial charge is 0.497 e. The Morgan fingerprint density at radius 1 is 1.06 bits per heavy atom. The summed E-state index contributed by atoms with van der Waals surface area (Å²) in [6.07, 6.45) is 3.57. The van der Waals surface area contributed by atoms with Crippen molar-refractivity contribution in [1.82, 2.24) is 14.8 Å². The molecule has 0 aliphatic heterocycles. The van der Waals surface area contributed by atoms with Crippen LogP contribution in [0.5, 0.6) is 17.2 Å². The van der Waals surface area contributed by atoms with Crippen molar-refractivity contribution in [3.63, 3.8) is 0 Å². The lowest BCUT2D eigenvalue weighted by molar-refractivity contribution is -0.120. The summed E-state index contributed by atoms with van der Waals surface area (Å²) in [6.45, 7) is 0.835. The highest BCUT2D eigenvalue weighted by molar-refractivity contribution is 7.22. The molecule has 0 aliphatic carbocycles. The fourth-order valence-electron chi connectivity index (χ4n) is 3.01. The first-order chi connectivity index (χ1) is 15.2. The highest BCUT2D eigenvalue weighted by Crippen LogP contribution is 2.31. The fraction of sp³-hybridized carbons (Fsp3) is 0.227. The molecule has 0 aliphatic rings. The van der Waals surface area contributed by atoms with E-state index in [4.69, 9.17) is 14.2 Å². The molecular weight excluding hydrogens is 416 g/mol. The zero-order valence-corrected chi connectivity index (χ0v) is 18.0. The van der Waals surface area contributed by atoms with Crippen molar-refractivity contribution in [2.45, 2.75) is 6.54 Å². The molecule has 0 spiro atoms. The van der Waals surface area contributed by atoms with Crippen molar-refractivity contribution in [3.8, 4) is 17.2 Å². The standard InChI is InChI=1S/C22H22N4O4S/c1-28-16-5-3-6-18(13-16)30-15-21(27)26(12-11-25-10-4-9-23-25)22-24-19-8-7-17(29-2)14-20(19)31-22/h3-10,13-14H,11-12,15H2,1-2H3. The molecule has 8 nitrogen and oxygen atoms in total. The topological polar surface area (TPSA) is 78.7 Å². The number of hydrogen-bond donors (Lipinski definition) is 0. The van der Waals surface area contributed by atoms with Crippen LogP contribution in [-0.2, 0) is 11.3 Å². The van der Waals surface area contributed by atoms with Crippen LogP contribution in [0.1, 0.15) is 0 Å². The summed E-state index contributed by atoms with van der Waals surface area (Å²) < 4.78 is 19.0. The highest BCUT2D eigenvalue weighted by atomic mass is 32.1. The van der Waals surface area contributed by atoms with Gasteiger partial charge in [0, 0.05) is 25.0 Å². The Bertz CT molecular complexity index is 1160. The van der Waals surface area contributed by atoms with Crippen LogP contribution in [-0.4, -0.2) is 48.0 Å². The van der Waals surface area contributed by atoms with E-state index in [-0.39, 0.29) is 12.5 Å². The molecule has 4 rings (SSSR count). The molecule has 9 heteroatoms. The summed E-state index contributed by atoms with van der Waals surface area (Å²) in [6, 6.07) is 14.7. The molecule has 4 aromatic rings. The van der Waals surface area contributed by atoms with Gasteiger partial charge in [0.1, 0.15) is 17.2 Å². The molecule has 0 unspecified atom stereocenters. The van der Waals surface area contributed by atoms with E-state index in [0.29, 0.717) is 29.7 Å². The second-order valence-corrected chi connectivity index (χ2v) is 7.62. The van der Waals surface area contributed by atoms with Gasteiger partial charge in [-0.1, -0.05) is 17.4 Å². The maximum atomic E-state index is 13.1. The summed E-state index contributed by atoms with van der Waals surface area (Å²) in [4.78, 5) is 19.4. The van der Waals surface area contributed by atoms with E-state index in [0.717, 1.165) is 16.0 Å². The summed E-state index contributed by atoms with van der Waals surface area (Å²) in [5, 5.41) is 4.83. The van der Waals surface area contributed by atoms with Crippen LogP contribution in [0.25, 0.3) is 10.2 Å². The normalized spacial score (nSPS) is 10.8. The van der Waals surface area contributed by atoms with Crippen molar-refractivity contribution >= 4 is 32.6 Å². The van der Waals surface area contributed by atoms with Crippen LogP contribution in [0.15, 0.2) is 60.9 Å². The summed E-state index contributed by atoms with van der Waals surface area (Å²) >= 11 is 1.44. The first kappa shape index (κ1) is 20.7. The minimum absolute atomic E-state index is 0.120. The molecule has 1 amide bonds. The van der Waals surface area contributed by atoms with Gasteiger partial charge < -0.3 is 14.2 Å². The summed E-state index contributed by atoms with van der Waals surface area (Å²) in [5.41, 5.74) is 0.811. The van der Waals surface area contributed by atoms with E-state index >= 15 is 0 Å². The highest BCUT2D eigenvalue weighted by Gasteiger charge is 2.21. The third-order valence-corrected chi connectivity index (χ3v) is 5.67. The number of methoxy groups -OCH3 is 2. The van der Waals surface area contributed by atoms with Gasteiger partial charge in [-0.25, -0.2) is 4.98 Å². The van der Waals surface area contributed by atoms with Gasteiger partial charge in [-0.2, -0.15) is 5.10 Å². The van der Waals surface area contributed by atoms with E-state index in [1.54, 1.807) is 42.1 Å². The number of rotatable bonds is 9. The minimum atomic E-state index is -0.194. The van der Waals surface area contributed by atoms with E-state index in [2.05, 4.69) is 10.1 Å². The average molecular weight is 439 g/mol. The van der Waals surface area contributed by atoms with Gasteiger partial charge >= 0.3 is 0 Å². The van der Waals surface area contributed by atoms with Crippen LogP contribution in [0.3, 0.4) is 0 Å². The van der Waals surface area contributed by atoms with Crippen LogP contribution >= 0.6 is 11.3 Å². The smallest absolute Gasteiger partial charge is 0.266 e. The van der Waals surface area contributed by atoms with E-state index < -0.39 is 0 Å².